The van der Waals surface area contributed by atoms with Crippen LogP contribution in [0.15, 0.2) is 12.1 Å². The van der Waals surface area contributed by atoms with E-state index in [2.05, 4.69) is 0 Å². The lowest BCUT2D eigenvalue weighted by molar-refractivity contribution is 0.0935. The Morgan fingerprint density at radius 2 is 1.88 bits per heavy atom. The van der Waals surface area contributed by atoms with Gasteiger partial charge in [-0.2, -0.15) is 0 Å². The van der Waals surface area contributed by atoms with Crippen molar-refractivity contribution in [3.63, 3.8) is 0 Å². The minimum atomic E-state index is -0.857. The van der Waals surface area contributed by atoms with Crippen molar-refractivity contribution in [2.45, 2.75) is 27.2 Å². The van der Waals surface area contributed by atoms with Crippen molar-refractivity contribution < 1.29 is 18.3 Å². The van der Waals surface area contributed by atoms with Crippen molar-refractivity contribution in [1.82, 2.24) is 0 Å². The summed E-state index contributed by atoms with van der Waals surface area (Å²) < 4.78 is 31.3. The van der Waals surface area contributed by atoms with E-state index in [9.17, 15) is 13.6 Å². The largest absolute Gasteiger partial charge is 0.493 e. The van der Waals surface area contributed by atoms with Gasteiger partial charge in [-0.1, -0.05) is 20.8 Å². The molecule has 0 amide bonds. The van der Waals surface area contributed by atoms with Crippen LogP contribution >= 0.6 is 0 Å². The quantitative estimate of drug-likeness (QED) is 0.757. The summed E-state index contributed by atoms with van der Waals surface area (Å²) >= 11 is 0. The van der Waals surface area contributed by atoms with Gasteiger partial charge in [0.15, 0.2) is 17.3 Å². The van der Waals surface area contributed by atoms with Gasteiger partial charge in [-0.25, -0.2) is 8.78 Å². The van der Waals surface area contributed by atoms with Gasteiger partial charge < -0.3 is 4.74 Å². The first-order chi connectivity index (χ1) is 7.74. The van der Waals surface area contributed by atoms with E-state index >= 15 is 0 Å². The molecule has 0 saturated carbocycles. The van der Waals surface area contributed by atoms with Crippen LogP contribution in [0.2, 0.25) is 0 Å². The fraction of sp³-hybridized carbons (Fsp3) is 0.462. The van der Waals surface area contributed by atoms with Gasteiger partial charge in [0.1, 0.15) is 5.82 Å². The Hall–Kier alpha value is -1.45. The van der Waals surface area contributed by atoms with E-state index in [1.54, 1.807) is 0 Å². The molecule has 0 fully saturated rings. The second kappa shape index (κ2) is 4.82. The third kappa shape index (κ3) is 3.51. The smallest absolute Gasteiger partial charge is 0.168 e. The molecule has 94 valence electrons. The summed E-state index contributed by atoms with van der Waals surface area (Å²) in [7, 11) is 1.25. The maximum absolute atomic E-state index is 13.4. The van der Waals surface area contributed by atoms with Gasteiger partial charge in [0.25, 0.3) is 0 Å². The fourth-order valence-electron chi connectivity index (χ4n) is 1.55. The molecule has 4 heteroatoms. The summed E-state index contributed by atoms with van der Waals surface area (Å²) in [6.07, 6.45) is 0.201. The van der Waals surface area contributed by atoms with Crippen LogP contribution in [0.1, 0.15) is 37.6 Å². The molecule has 0 saturated heterocycles. The molecule has 0 N–H and O–H groups in total. The van der Waals surface area contributed by atoms with Crippen LogP contribution in [0.3, 0.4) is 0 Å². The van der Waals surface area contributed by atoms with Gasteiger partial charge in [-0.3, -0.25) is 4.79 Å². The summed E-state index contributed by atoms with van der Waals surface area (Å²) in [5.41, 5.74) is -0.287. The maximum Gasteiger partial charge on any atom is 0.168 e. The summed E-state index contributed by atoms with van der Waals surface area (Å²) in [5, 5.41) is 0. The Morgan fingerprint density at radius 3 is 2.35 bits per heavy atom. The molecule has 0 heterocycles. The number of carbonyl (C=O) groups excluding carboxylic acids is 1. The highest BCUT2D eigenvalue weighted by atomic mass is 19.1. The molecule has 1 rings (SSSR count). The predicted octanol–water partition coefficient (Wildman–Crippen LogP) is 3.59. The van der Waals surface area contributed by atoms with Crippen LogP contribution in [-0.4, -0.2) is 12.9 Å². The van der Waals surface area contributed by atoms with Crippen molar-refractivity contribution in [3.8, 4) is 5.75 Å². The monoisotopic (exact) mass is 242 g/mol. The zero-order valence-corrected chi connectivity index (χ0v) is 10.4. The van der Waals surface area contributed by atoms with Crippen molar-refractivity contribution in [3.05, 3.63) is 29.3 Å². The molecule has 0 unspecified atom stereocenters. The van der Waals surface area contributed by atoms with Crippen molar-refractivity contribution >= 4 is 5.78 Å². The second-order valence-corrected chi connectivity index (χ2v) is 5.13. The highest BCUT2D eigenvalue weighted by Crippen LogP contribution is 2.29. The first-order valence-electron chi connectivity index (χ1n) is 5.31. The SMILES string of the molecule is COc1c(F)cc(F)cc1C(=O)CC(C)(C)C. The Morgan fingerprint density at radius 1 is 1.29 bits per heavy atom. The normalized spacial score (nSPS) is 11.4. The molecule has 0 aliphatic carbocycles. The summed E-state index contributed by atoms with van der Waals surface area (Å²) in [4.78, 5) is 11.9. The minimum absolute atomic E-state index is 0.0417. The Balaban J connectivity index is 3.16. The van der Waals surface area contributed by atoms with Gasteiger partial charge in [0, 0.05) is 12.5 Å². The molecule has 0 atom stereocenters. The molecular weight excluding hydrogens is 226 g/mol. The topological polar surface area (TPSA) is 26.3 Å². The number of rotatable bonds is 3. The standard InChI is InChI=1S/C13H16F2O2/c1-13(2,3)7-11(16)9-5-8(14)6-10(15)12(9)17-4/h5-6H,7H2,1-4H3. The number of hydrogen-bond donors (Lipinski definition) is 0. The zero-order valence-electron chi connectivity index (χ0n) is 10.4. The van der Waals surface area contributed by atoms with E-state index in [0.717, 1.165) is 6.07 Å². The number of hydrogen-bond acceptors (Lipinski definition) is 2. The summed E-state index contributed by atoms with van der Waals surface area (Å²) in [6, 6.07) is 1.71. The van der Waals surface area contributed by atoms with E-state index in [4.69, 9.17) is 4.74 Å². The third-order valence-corrected chi connectivity index (χ3v) is 2.20. The maximum atomic E-state index is 13.4. The average Bonchev–Trinajstić information content (AvgIpc) is 2.13. The van der Waals surface area contributed by atoms with Crippen LogP contribution in [-0.2, 0) is 0 Å². The molecule has 0 aliphatic rings. The molecule has 0 bridgehead atoms. The van der Waals surface area contributed by atoms with Crippen molar-refractivity contribution in [1.29, 1.82) is 0 Å². The van der Waals surface area contributed by atoms with Gasteiger partial charge in [-0.05, 0) is 11.5 Å². The van der Waals surface area contributed by atoms with Crippen LogP contribution in [0.25, 0.3) is 0 Å². The van der Waals surface area contributed by atoms with Crippen LogP contribution in [0.5, 0.6) is 5.75 Å². The highest BCUT2D eigenvalue weighted by molar-refractivity contribution is 5.99. The van der Waals surface area contributed by atoms with E-state index in [1.807, 2.05) is 20.8 Å². The molecule has 2 nitrogen and oxygen atoms in total. The number of halogens is 2. The number of ketones is 1. The Bertz CT molecular complexity index is 434. The molecule has 0 aromatic heterocycles. The number of Topliss-reactive ketones (excluding diaryl/α,β-unsaturated/α-hetero) is 1. The van der Waals surface area contributed by atoms with Crippen LogP contribution < -0.4 is 4.74 Å². The van der Waals surface area contributed by atoms with E-state index in [0.29, 0.717) is 6.07 Å². The fourth-order valence-corrected chi connectivity index (χ4v) is 1.55. The van der Waals surface area contributed by atoms with Gasteiger partial charge in [0.2, 0.25) is 0 Å². The van der Waals surface area contributed by atoms with Gasteiger partial charge in [0.05, 0.1) is 12.7 Å². The Kier molecular flexibility index (Phi) is 3.86. The minimum Gasteiger partial charge on any atom is -0.493 e. The molecule has 1 aromatic rings. The summed E-state index contributed by atoms with van der Waals surface area (Å²) in [6.45, 7) is 5.65. The lowest BCUT2D eigenvalue weighted by atomic mass is 9.87. The van der Waals surface area contributed by atoms with E-state index in [1.165, 1.54) is 7.11 Å². The molecule has 1 aromatic carbocycles. The number of benzene rings is 1. The lowest BCUT2D eigenvalue weighted by Gasteiger charge is -2.18. The van der Waals surface area contributed by atoms with Gasteiger partial charge in [-0.15, -0.1) is 0 Å². The second-order valence-electron chi connectivity index (χ2n) is 5.13. The molecular formula is C13H16F2O2. The highest BCUT2D eigenvalue weighted by Gasteiger charge is 2.22. The van der Waals surface area contributed by atoms with Gasteiger partial charge >= 0.3 is 0 Å². The molecule has 17 heavy (non-hydrogen) atoms. The predicted molar refractivity (Wildman–Crippen MR) is 61.3 cm³/mol. The number of ether oxygens (including phenoxy) is 1. The van der Waals surface area contributed by atoms with Crippen LogP contribution in [0, 0.1) is 17.0 Å². The lowest BCUT2D eigenvalue weighted by Crippen LogP contribution is -2.14. The van der Waals surface area contributed by atoms with E-state index < -0.39 is 11.6 Å². The van der Waals surface area contributed by atoms with Crippen molar-refractivity contribution in [2.24, 2.45) is 5.41 Å². The molecule has 0 radical (unpaired) electrons. The first-order valence-corrected chi connectivity index (χ1v) is 5.31. The van der Waals surface area contributed by atoms with Crippen LogP contribution in [0.4, 0.5) is 8.78 Å². The average molecular weight is 242 g/mol. The number of methoxy groups -OCH3 is 1. The Labute approximate surface area is 99.6 Å². The third-order valence-electron chi connectivity index (χ3n) is 2.20. The number of carbonyl (C=O) groups is 1. The summed E-state index contributed by atoms with van der Waals surface area (Å²) in [5.74, 6) is -2.15. The molecule has 0 spiro atoms. The van der Waals surface area contributed by atoms with Crippen molar-refractivity contribution in [2.75, 3.05) is 7.11 Å². The zero-order chi connectivity index (χ0) is 13.2. The van der Waals surface area contributed by atoms with E-state index in [-0.39, 0.29) is 28.9 Å². The molecule has 0 aliphatic heterocycles. The first kappa shape index (κ1) is 13.6.